The molecular formula is C31H34ClN3O5. The summed E-state index contributed by atoms with van der Waals surface area (Å²) in [4.78, 5) is 40.8. The Morgan fingerprint density at radius 1 is 0.850 bits per heavy atom. The number of rotatable bonds is 6. The number of benzene rings is 3. The quantitative estimate of drug-likeness (QED) is 0.361. The number of fused-ring (bicyclic) bond motifs is 1. The maximum atomic E-state index is 13.7. The van der Waals surface area contributed by atoms with Gasteiger partial charge in [-0.2, -0.15) is 0 Å². The zero-order valence-electron chi connectivity index (χ0n) is 22.5. The predicted octanol–water partition coefficient (Wildman–Crippen LogP) is 4.04. The summed E-state index contributed by atoms with van der Waals surface area (Å²) in [7, 11) is 0. The molecule has 0 unspecified atom stereocenters. The first-order valence-electron chi connectivity index (χ1n) is 13.3. The Morgan fingerprint density at radius 3 is 2.15 bits per heavy atom. The highest BCUT2D eigenvalue weighted by Crippen LogP contribution is 2.24. The lowest BCUT2D eigenvalue weighted by Crippen LogP contribution is -2.56. The van der Waals surface area contributed by atoms with Crippen LogP contribution in [0.2, 0.25) is 5.02 Å². The number of phenolic OH excluding ortho intramolecular Hbond substituents is 1. The first kappa shape index (κ1) is 29.0. The molecule has 3 atom stereocenters. The second kappa shape index (κ2) is 13.3. The van der Waals surface area contributed by atoms with Gasteiger partial charge >= 0.3 is 0 Å². The molecule has 8 nitrogen and oxygen atoms in total. The molecule has 4 N–H and O–H groups in total. The van der Waals surface area contributed by atoms with E-state index in [0.717, 1.165) is 11.1 Å². The SMILES string of the molecule is CC(C)C[C@H]1COc2ccc(Cl)cc2C(=O)N[C@@H](Cc2ccccc2)C(=O)N[C@@H](Cc2ccc(O)cc2)C(=O)N1. The zero-order valence-corrected chi connectivity index (χ0v) is 23.3. The number of carbonyl (C=O) groups is 3. The summed E-state index contributed by atoms with van der Waals surface area (Å²) in [6.07, 6.45) is 1.02. The van der Waals surface area contributed by atoms with Crippen molar-refractivity contribution in [2.75, 3.05) is 6.61 Å². The Balaban J connectivity index is 1.71. The van der Waals surface area contributed by atoms with Crippen LogP contribution in [0.4, 0.5) is 0 Å². The Labute approximate surface area is 239 Å². The van der Waals surface area contributed by atoms with Gasteiger partial charge in [0.25, 0.3) is 5.91 Å². The molecule has 210 valence electrons. The molecule has 0 saturated carbocycles. The smallest absolute Gasteiger partial charge is 0.255 e. The Morgan fingerprint density at radius 2 is 1.48 bits per heavy atom. The van der Waals surface area contributed by atoms with Gasteiger partial charge in [0, 0.05) is 17.9 Å². The van der Waals surface area contributed by atoms with E-state index in [-0.39, 0.29) is 48.6 Å². The van der Waals surface area contributed by atoms with Crippen LogP contribution >= 0.6 is 11.6 Å². The lowest BCUT2D eigenvalue weighted by molar-refractivity contribution is -0.130. The van der Waals surface area contributed by atoms with Gasteiger partial charge in [-0.25, -0.2) is 0 Å². The van der Waals surface area contributed by atoms with Gasteiger partial charge in [0.1, 0.15) is 30.2 Å². The molecule has 3 aromatic rings. The number of hydrogen-bond acceptors (Lipinski definition) is 5. The third-order valence-corrected chi connectivity index (χ3v) is 6.88. The maximum Gasteiger partial charge on any atom is 0.255 e. The van der Waals surface area contributed by atoms with E-state index in [1.165, 1.54) is 18.2 Å². The molecule has 0 spiro atoms. The zero-order chi connectivity index (χ0) is 28.6. The molecule has 1 aliphatic heterocycles. The molecule has 0 saturated heterocycles. The third-order valence-electron chi connectivity index (χ3n) is 6.64. The van der Waals surface area contributed by atoms with E-state index in [1.807, 2.05) is 44.2 Å². The van der Waals surface area contributed by atoms with Gasteiger partial charge in [-0.05, 0) is 53.8 Å². The van der Waals surface area contributed by atoms with Crippen LogP contribution in [0.15, 0.2) is 72.8 Å². The van der Waals surface area contributed by atoms with Gasteiger partial charge < -0.3 is 25.8 Å². The molecule has 0 aliphatic carbocycles. The second-order valence-electron chi connectivity index (χ2n) is 10.4. The average molecular weight is 564 g/mol. The fraction of sp³-hybridized carbons (Fsp3) is 0.323. The van der Waals surface area contributed by atoms with Crippen molar-refractivity contribution in [3.05, 3.63) is 94.5 Å². The number of nitrogens with one attached hydrogen (secondary N) is 3. The van der Waals surface area contributed by atoms with Crippen molar-refractivity contribution < 1.29 is 24.2 Å². The van der Waals surface area contributed by atoms with E-state index < -0.39 is 23.9 Å². The van der Waals surface area contributed by atoms with Gasteiger partial charge in [-0.3, -0.25) is 14.4 Å². The van der Waals surface area contributed by atoms with Crippen LogP contribution in [0.5, 0.6) is 11.5 Å². The summed E-state index contributed by atoms with van der Waals surface area (Å²) < 4.78 is 6.07. The molecule has 3 amide bonds. The summed E-state index contributed by atoms with van der Waals surface area (Å²) in [6, 6.07) is 18.2. The monoisotopic (exact) mass is 563 g/mol. The van der Waals surface area contributed by atoms with Crippen molar-refractivity contribution in [2.24, 2.45) is 5.92 Å². The van der Waals surface area contributed by atoms with E-state index in [2.05, 4.69) is 16.0 Å². The van der Waals surface area contributed by atoms with Crippen LogP contribution in [-0.4, -0.2) is 47.6 Å². The van der Waals surface area contributed by atoms with Gasteiger partial charge in [0.2, 0.25) is 11.8 Å². The maximum absolute atomic E-state index is 13.7. The molecule has 0 radical (unpaired) electrons. The van der Waals surface area contributed by atoms with E-state index in [0.29, 0.717) is 17.2 Å². The molecule has 1 heterocycles. The first-order chi connectivity index (χ1) is 19.2. The summed E-state index contributed by atoms with van der Waals surface area (Å²) >= 11 is 6.22. The number of carbonyl (C=O) groups excluding carboxylic acids is 3. The minimum atomic E-state index is -0.982. The average Bonchev–Trinajstić information content (AvgIpc) is 2.92. The van der Waals surface area contributed by atoms with Gasteiger partial charge in [0.15, 0.2) is 0 Å². The minimum Gasteiger partial charge on any atom is -0.508 e. The normalized spacial score (nSPS) is 20.1. The molecule has 0 fully saturated rings. The van der Waals surface area contributed by atoms with E-state index in [1.54, 1.807) is 24.3 Å². The highest BCUT2D eigenvalue weighted by atomic mass is 35.5. The summed E-state index contributed by atoms with van der Waals surface area (Å²) in [5, 5.41) is 18.8. The highest BCUT2D eigenvalue weighted by Gasteiger charge is 2.30. The van der Waals surface area contributed by atoms with Crippen LogP contribution in [0, 0.1) is 5.92 Å². The third kappa shape index (κ3) is 7.99. The molecule has 0 bridgehead atoms. The molecular weight excluding hydrogens is 530 g/mol. The van der Waals surface area contributed by atoms with Crippen molar-refractivity contribution >= 4 is 29.3 Å². The molecule has 3 aromatic carbocycles. The topological polar surface area (TPSA) is 117 Å². The summed E-state index contributed by atoms with van der Waals surface area (Å²) in [5.74, 6) is -0.716. The van der Waals surface area contributed by atoms with Gasteiger partial charge in [0.05, 0.1) is 11.6 Å². The number of halogens is 1. The number of phenols is 1. The number of ether oxygens (including phenoxy) is 1. The summed E-state index contributed by atoms with van der Waals surface area (Å²) in [6.45, 7) is 4.20. The fourth-order valence-electron chi connectivity index (χ4n) is 4.68. The van der Waals surface area contributed by atoms with Crippen LogP contribution in [0.3, 0.4) is 0 Å². The molecule has 4 rings (SSSR count). The number of hydrogen-bond donors (Lipinski definition) is 4. The van der Waals surface area contributed by atoms with E-state index >= 15 is 0 Å². The first-order valence-corrected chi connectivity index (χ1v) is 13.7. The van der Waals surface area contributed by atoms with Crippen molar-refractivity contribution in [3.8, 4) is 11.5 Å². The van der Waals surface area contributed by atoms with Crippen LogP contribution in [-0.2, 0) is 22.4 Å². The standard InChI is InChI=1S/C31H34ClN3O5/c1-19(2)14-23-18-40-28-13-10-22(32)17-25(28)29(37)34-27(15-20-6-4-3-5-7-20)31(39)35-26(30(38)33-23)16-21-8-11-24(36)12-9-21/h3-13,17,19,23,26-27,36H,14-16,18H2,1-2H3,(H,33,38)(H,34,37)(H,35,39)/t23-,26-,27-/m0/s1. The minimum absolute atomic E-state index is 0.103. The largest absolute Gasteiger partial charge is 0.508 e. The Kier molecular flexibility index (Phi) is 9.66. The lowest BCUT2D eigenvalue weighted by Gasteiger charge is -2.26. The van der Waals surface area contributed by atoms with Crippen LogP contribution in [0.1, 0.15) is 41.8 Å². The lowest BCUT2D eigenvalue weighted by atomic mass is 10.0. The van der Waals surface area contributed by atoms with Crippen LogP contribution < -0.4 is 20.7 Å². The molecule has 40 heavy (non-hydrogen) atoms. The van der Waals surface area contributed by atoms with E-state index in [4.69, 9.17) is 16.3 Å². The van der Waals surface area contributed by atoms with Crippen molar-refractivity contribution in [1.29, 1.82) is 0 Å². The van der Waals surface area contributed by atoms with Crippen molar-refractivity contribution in [2.45, 2.75) is 51.2 Å². The number of amides is 3. The van der Waals surface area contributed by atoms with Crippen LogP contribution in [0.25, 0.3) is 0 Å². The second-order valence-corrected chi connectivity index (χ2v) is 10.9. The molecule has 1 aliphatic rings. The molecule has 9 heteroatoms. The Bertz CT molecular complexity index is 1330. The fourth-order valence-corrected chi connectivity index (χ4v) is 4.85. The van der Waals surface area contributed by atoms with Gasteiger partial charge in [-0.1, -0.05) is 67.9 Å². The molecule has 0 aromatic heterocycles. The number of aromatic hydroxyl groups is 1. The Hall–Kier alpha value is -4.04. The predicted molar refractivity (Wildman–Crippen MR) is 153 cm³/mol. The summed E-state index contributed by atoms with van der Waals surface area (Å²) in [5.41, 5.74) is 1.80. The van der Waals surface area contributed by atoms with Crippen molar-refractivity contribution in [1.82, 2.24) is 16.0 Å². The van der Waals surface area contributed by atoms with Crippen molar-refractivity contribution in [3.63, 3.8) is 0 Å². The highest BCUT2D eigenvalue weighted by molar-refractivity contribution is 6.31. The van der Waals surface area contributed by atoms with E-state index in [9.17, 15) is 19.5 Å². The van der Waals surface area contributed by atoms with Gasteiger partial charge in [-0.15, -0.1) is 0 Å².